The molecule has 0 aliphatic rings. The maximum Gasteiger partial charge on any atom is 0.270 e. The molecule has 0 fully saturated rings. The van der Waals surface area contributed by atoms with E-state index in [1.54, 1.807) is 12.3 Å². The molecule has 9 nitrogen and oxygen atoms in total. The number of non-ortho nitro benzene ring substituents is 1. The number of nitrogens with zero attached hydrogens (tertiary/aromatic N) is 3. The van der Waals surface area contributed by atoms with Gasteiger partial charge in [-0.2, -0.15) is 5.10 Å². The fourth-order valence-corrected chi connectivity index (χ4v) is 3.87. The van der Waals surface area contributed by atoms with Gasteiger partial charge >= 0.3 is 0 Å². The van der Waals surface area contributed by atoms with Crippen LogP contribution < -0.4 is 5.32 Å². The minimum Gasteiger partial charge on any atom is -0.436 e. The molecule has 0 unspecified atom stereocenters. The standard InChI is InChI=1S/C25H18ClN5O4/c1-14-8-22-21(11-20(14)26)29-25(35-22)19-13-28-30-23(19)16-5-2-4-15(9-16)12-27-24(32)17-6-3-7-18(10-17)31(33)34/h2-11,13H,12H2,1H3,(H,27,32)(H,28,30). The highest BCUT2D eigenvalue weighted by Crippen LogP contribution is 2.33. The number of halogens is 1. The molecule has 2 N–H and O–H groups in total. The Morgan fingerprint density at radius 1 is 1.17 bits per heavy atom. The second-order valence-electron chi connectivity index (χ2n) is 7.94. The predicted octanol–water partition coefficient (Wildman–Crippen LogP) is 5.68. The van der Waals surface area contributed by atoms with E-state index in [1.165, 1.54) is 24.3 Å². The van der Waals surface area contributed by atoms with E-state index in [2.05, 4.69) is 20.5 Å². The summed E-state index contributed by atoms with van der Waals surface area (Å²) in [5, 5.41) is 21.5. The van der Waals surface area contributed by atoms with Gasteiger partial charge in [0.1, 0.15) is 5.52 Å². The summed E-state index contributed by atoms with van der Waals surface area (Å²) in [6.45, 7) is 2.13. The third-order valence-electron chi connectivity index (χ3n) is 5.53. The second kappa shape index (κ2) is 9.03. The molecule has 0 bridgehead atoms. The molecular weight excluding hydrogens is 470 g/mol. The first-order valence-electron chi connectivity index (χ1n) is 10.6. The number of aromatic amines is 1. The fourth-order valence-electron chi connectivity index (χ4n) is 3.72. The molecule has 174 valence electrons. The van der Waals surface area contributed by atoms with E-state index in [9.17, 15) is 14.9 Å². The highest BCUT2D eigenvalue weighted by molar-refractivity contribution is 6.32. The molecule has 0 radical (unpaired) electrons. The molecule has 2 aromatic heterocycles. The Morgan fingerprint density at radius 2 is 2.00 bits per heavy atom. The van der Waals surface area contributed by atoms with Gasteiger partial charge in [-0.25, -0.2) is 4.98 Å². The zero-order chi connectivity index (χ0) is 24.5. The van der Waals surface area contributed by atoms with Crippen LogP contribution in [0, 0.1) is 17.0 Å². The number of nitro benzene ring substituents is 1. The van der Waals surface area contributed by atoms with Crippen LogP contribution in [-0.4, -0.2) is 26.0 Å². The molecule has 0 saturated carbocycles. The Hall–Kier alpha value is -4.50. The van der Waals surface area contributed by atoms with Crippen LogP contribution in [0.15, 0.2) is 71.3 Å². The predicted molar refractivity (Wildman–Crippen MR) is 131 cm³/mol. The van der Waals surface area contributed by atoms with E-state index in [-0.39, 0.29) is 17.8 Å². The summed E-state index contributed by atoms with van der Waals surface area (Å²) in [5.74, 6) is 0.0107. The average Bonchev–Trinajstić information content (AvgIpc) is 3.50. The molecule has 3 aromatic carbocycles. The minimum atomic E-state index is -0.533. The van der Waals surface area contributed by atoms with Crippen molar-refractivity contribution in [2.45, 2.75) is 13.5 Å². The number of carbonyl (C=O) groups is 1. The Balaban J connectivity index is 1.38. The van der Waals surface area contributed by atoms with Gasteiger partial charge in [-0.1, -0.05) is 35.9 Å². The van der Waals surface area contributed by atoms with Gasteiger partial charge < -0.3 is 9.73 Å². The van der Waals surface area contributed by atoms with E-state index in [0.29, 0.717) is 33.3 Å². The molecule has 0 spiro atoms. The summed E-state index contributed by atoms with van der Waals surface area (Å²) in [4.78, 5) is 27.5. The van der Waals surface area contributed by atoms with Gasteiger partial charge in [-0.05, 0) is 42.3 Å². The summed E-state index contributed by atoms with van der Waals surface area (Å²) in [6, 6.07) is 16.8. The number of oxazole rings is 1. The van der Waals surface area contributed by atoms with Crippen LogP contribution in [0.25, 0.3) is 33.8 Å². The van der Waals surface area contributed by atoms with Gasteiger partial charge in [0.2, 0.25) is 5.89 Å². The zero-order valence-electron chi connectivity index (χ0n) is 18.4. The Morgan fingerprint density at radius 3 is 2.83 bits per heavy atom. The van der Waals surface area contributed by atoms with Crippen molar-refractivity contribution in [1.82, 2.24) is 20.5 Å². The number of carbonyl (C=O) groups excluding carboxylic acids is 1. The SMILES string of the molecule is Cc1cc2oc(-c3cn[nH]c3-c3cccc(CNC(=O)c4cccc([N+](=O)[O-])c4)c3)nc2cc1Cl. The number of fused-ring (bicyclic) bond motifs is 1. The van der Waals surface area contributed by atoms with Crippen molar-refractivity contribution in [3.05, 3.63) is 98.7 Å². The highest BCUT2D eigenvalue weighted by Gasteiger charge is 2.17. The summed E-state index contributed by atoms with van der Waals surface area (Å²) in [6.07, 6.45) is 1.64. The normalized spacial score (nSPS) is 11.0. The molecule has 5 rings (SSSR count). The maximum absolute atomic E-state index is 12.5. The lowest BCUT2D eigenvalue weighted by molar-refractivity contribution is -0.384. The number of rotatable bonds is 6. The molecule has 0 saturated heterocycles. The van der Waals surface area contributed by atoms with E-state index >= 15 is 0 Å². The first-order chi connectivity index (χ1) is 16.9. The van der Waals surface area contributed by atoms with E-state index < -0.39 is 10.8 Å². The summed E-state index contributed by atoms with van der Waals surface area (Å²) in [7, 11) is 0. The number of hydrogen-bond acceptors (Lipinski definition) is 6. The van der Waals surface area contributed by atoms with E-state index in [1.807, 2.05) is 37.3 Å². The monoisotopic (exact) mass is 487 g/mol. The van der Waals surface area contributed by atoms with Crippen molar-refractivity contribution in [1.29, 1.82) is 0 Å². The number of hydrogen-bond donors (Lipinski definition) is 2. The number of benzene rings is 3. The minimum absolute atomic E-state index is 0.136. The van der Waals surface area contributed by atoms with Crippen LogP contribution >= 0.6 is 11.6 Å². The topological polar surface area (TPSA) is 127 Å². The quantitative estimate of drug-likeness (QED) is 0.234. The van der Waals surface area contributed by atoms with Gasteiger partial charge in [0.25, 0.3) is 11.6 Å². The lowest BCUT2D eigenvalue weighted by Gasteiger charge is -2.08. The van der Waals surface area contributed by atoms with Gasteiger partial charge in [0.05, 0.1) is 22.4 Å². The van der Waals surface area contributed by atoms with E-state index in [0.717, 1.165) is 16.7 Å². The van der Waals surface area contributed by atoms with Crippen molar-refractivity contribution in [2.75, 3.05) is 0 Å². The van der Waals surface area contributed by atoms with E-state index in [4.69, 9.17) is 16.0 Å². The molecule has 5 aromatic rings. The van der Waals surface area contributed by atoms with Crippen LogP contribution in [0.2, 0.25) is 5.02 Å². The largest absolute Gasteiger partial charge is 0.436 e. The lowest BCUT2D eigenvalue weighted by Crippen LogP contribution is -2.22. The molecular formula is C25H18ClN5O4. The number of amides is 1. The van der Waals surface area contributed by atoms with Gasteiger partial charge in [-0.15, -0.1) is 0 Å². The number of nitrogens with one attached hydrogen (secondary N) is 2. The molecule has 0 aliphatic carbocycles. The summed E-state index contributed by atoms with van der Waals surface area (Å²) in [5.41, 5.74) is 5.33. The van der Waals surface area contributed by atoms with Crippen molar-refractivity contribution in [3.8, 4) is 22.7 Å². The average molecular weight is 488 g/mol. The number of aromatic nitrogens is 3. The van der Waals surface area contributed by atoms with Crippen LogP contribution in [-0.2, 0) is 6.54 Å². The van der Waals surface area contributed by atoms with Crippen molar-refractivity contribution in [3.63, 3.8) is 0 Å². The molecule has 2 heterocycles. The second-order valence-corrected chi connectivity index (χ2v) is 8.34. The number of aryl methyl sites for hydroxylation is 1. The smallest absolute Gasteiger partial charge is 0.270 e. The number of H-pyrrole nitrogens is 1. The molecule has 10 heteroatoms. The van der Waals surface area contributed by atoms with Gasteiger partial charge in [-0.3, -0.25) is 20.0 Å². The molecule has 0 aliphatic heterocycles. The summed E-state index contributed by atoms with van der Waals surface area (Å²) >= 11 is 6.22. The first-order valence-corrected chi connectivity index (χ1v) is 11.0. The third kappa shape index (κ3) is 4.49. The lowest BCUT2D eigenvalue weighted by atomic mass is 10.0. The Labute approximate surface area is 203 Å². The molecule has 1 amide bonds. The third-order valence-corrected chi connectivity index (χ3v) is 5.93. The first kappa shape index (κ1) is 22.3. The molecule has 0 atom stereocenters. The van der Waals surface area contributed by atoms with Gasteiger partial charge in [0, 0.05) is 34.8 Å². The highest BCUT2D eigenvalue weighted by atomic mass is 35.5. The zero-order valence-corrected chi connectivity index (χ0v) is 19.2. The van der Waals surface area contributed by atoms with Crippen LogP contribution in [0.1, 0.15) is 21.5 Å². The molecule has 35 heavy (non-hydrogen) atoms. The fraction of sp³-hybridized carbons (Fsp3) is 0.0800. The van der Waals surface area contributed by atoms with Crippen LogP contribution in [0.4, 0.5) is 5.69 Å². The van der Waals surface area contributed by atoms with Crippen LogP contribution in [0.3, 0.4) is 0 Å². The number of nitro groups is 1. The summed E-state index contributed by atoms with van der Waals surface area (Å²) < 4.78 is 5.96. The van der Waals surface area contributed by atoms with Crippen molar-refractivity contribution < 1.29 is 14.1 Å². The Bertz CT molecular complexity index is 1550. The van der Waals surface area contributed by atoms with Crippen LogP contribution in [0.5, 0.6) is 0 Å². The maximum atomic E-state index is 12.5. The Kier molecular flexibility index (Phi) is 5.76. The van der Waals surface area contributed by atoms with Gasteiger partial charge in [0.15, 0.2) is 5.58 Å². The van der Waals surface area contributed by atoms with Crippen molar-refractivity contribution in [2.24, 2.45) is 0 Å². The van der Waals surface area contributed by atoms with Crippen molar-refractivity contribution >= 4 is 34.3 Å².